The number of likely N-dealkylation sites (N-methyl/N-ethyl adjacent to an activating group) is 1. The summed E-state index contributed by atoms with van der Waals surface area (Å²) in [4.78, 5) is 0. The molecule has 1 heterocycles. The lowest BCUT2D eigenvalue weighted by Crippen LogP contribution is -2.23. The molecule has 0 saturated heterocycles. The van der Waals surface area contributed by atoms with Crippen molar-refractivity contribution in [1.82, 2.24) is 15.1 Å². The summed E-state index contributed by atoms with van der Waals surface area (Å²) in [5.74, 6) is 0. The van der Waals surface area contributed by atoms with Crippen LogP contribution in [0.5, 0.6) is 0 Å². The smallest absolute Gasteiger partial charge is 0.0718 e. The van der Waals surface area contributed by atoms with Gasteiger partial charge in [0, 0.05) is 24.4 Å². The van der Waals surface area contributed by atoms with Gasteiger partial charge in [0.2, 0.25) is 0 Å². The number of aromatic nitrogens is 2. The van der Waals surface area contributed by atoms with Gasteiger partial charge in [-0.1, -0.05) is 18.2 Å². The SMILES string of the molecule is CCn1nc(CC(C)NC)c2ccccc21. The highest BCUT2D eigenvalue weighted by Gasteiger charge is 2.10. The molecule has 1 atom stereocenters. The van der Waals surface area contributed by atoms with Gasteiger partial charge in [0.05, 0.1) is 11.2 Å². The van der Waals surface area contributed by atoms with E-state index in [1.54, 1.807) is 0 Å². The monoisotopic (exact) mass is 217 g/mol. The summed E-state index contributed by atoms with van der Waals surface area (Å²) >= 11 is 0. The maximum Gasteiger partial charge on any atom is 0.0718 e. The molecule has 0 radical (unpaired) electrons. The van der Waals surface area contributed by atoms with Crippen molar-refractivity contribution in [3.63, 3.8) is 0 Å². The first-order valence-electron chi connectivity index (χ1n) is 5.88. The van der Waals surface area contributed by atoms with E-state index in [1.165, 1.54) is 16.6 Å². The number of rotatable bonds is 4. The summed E-state index contributed by atoms with van der Waals surface area (Å²) in [5, 5.41) is 9.21. The van der Waals surface area contributed by atoms with E-state index in [-0.39, 0.29) is 0 Å². The Bertz CT molecular complexity index is 473. The Morgan fingerprint density at radius 2 is 2.12 bits per heavy atom. The minimum Gasteiger partial charge on any atom is -0.317 e. The standard InChI is InChI=1S/C13H19N3/c1-4-16-13-8-6-5-7-11(13)12(15-16)9-10(2)14-3/h5-8,10,14H,4,9H2,1-3H3. The number of hydrogen-bond donors (Lipinski definition) is 1. The summed E-state index contributed by atoms with van der Waals surface area (Å²) in [6.45, 7) is 5.24. The molecule has 0 saturated carbocycles. The van der Waals surface area contributed by atoms with Gasteiger partial charge in [0.25, 0.3) is 0 Å². The van der Waals surface area contributed by atoms with E-state index < -0.39 is 0 Å². The number of fused-ring (bicyclic) bond motifs is 1. The second kappa shape index (κ2) is 4.66. The van der Waals surface area contributed by atoms with Gasteiger partial charge in [0.15, 0.2) is 0 Å². The highest BCUT2D eigenvalue weighted by Crippen LogP contribution is 2.19. The summed E-state index contributed by atoms with van der Waals surface area (Å²) in [7, 11) is 1.99. The molecule has 3 heteroatoms. The Balaban J connectivity index is 2.45. The molecular weight excluding hydrogens is 198 g/mol. The van der Waals surface area contributed by atoms with Crippen LogP contribution in [0.4, 0.5) is 0 Å². The molecule has 2 aromatic rings. The summed E-state index contributed by atoms with van der Waals surface area (Å²) in [6, 6.07) is 8.91. The van der Waals surface area contributed by atoms with Gasteiger partial charge in [-0.2, -0.15) is 5.10 Å². The molecule has 3 nitrogen and oxygen atoms in total. The number of nitrogens with zero attached hydrogens (tertiary/aromatic N) is 2. The Labute approximate surface area is 96.5 Å². The predicted molar refractivity (Wildman–Crippen MR) is 67.6 cm³/mol. The molecule has 0 aliphatic rings. The second-order valence-electron chi connectivity index (χ2n) is 4.17. The van der Waals surface area contributed by atoms with Crippen molar-refractivity contribution in [1.29, 1.82) is 0 Å². The van der Waals surface area contributed by atoms with Crippen LogP contribution in [0, 0.1) is 0 Å². The van der Waals surface area contributed by atoms with Crippen LogP contribution in [0.25, 0.3) is 10.9 Å². The molecular formula is C13H19N3. The lowest BCUT2D eigenvalue weighted by atomic mass is 10.1. The minimum atomic E-state index is 0.462. The van der Waals surface area contributed by atoms with Crippen molar-refractivity contribution in [2.24, 2.45) is 0 Å². The van der Waals surface area contributed by atoms with Crippen LogP contribution in [0.3, 0.4) is 0 Å². The van der Waals surface area contributed by atoms with Crippen LogP contribution >= 0.6 is 0 Å². The molecule has 86 valence electrons. The van der Waals surface area contributed by atoms with Crippen molar-refractivity contribution in [2.45, 2.75) is 32.9 Å². The maximum atomic E-state index is 4.67. The first-order valence-corrected chi connectivity index (χ1v) is 5.88. The van der Waals surface area contributed by atoms with E-state index in [9.17, 15) is 0 Å². The molecule has 1 N–H and O–H groups in total. The van der Waals surface area contributed by atoms with E-state index >= 15 is 0 Å². The number of aryl methyl sites for hydroxylation is 1. The van der Waals surface area contributed by atoms with Crippen molar-refractivity contribution in [2.75, 3.05) is 7.05 Å². The summed E-state index contributed by atoms with van der Waals surface area (Å²) in [6.07, 6.45) is 0.976. The van der Waals surface area contributed by atoms with Gasteiger partial charge < -0.3 is 5.32 Å². The van der Waals surface area contributed by atoms with Crippen molar-refractivity contribution < 1.29 is 0 Å². The number of benzene rings is 1. The zero-order valence-corrected chi connectivity index (χ0v) is 10.2. The van der Waals surface area contributed by atoms with Crippen LogP contribution < -0.4 is 5.32 Å². The number of hydrogen-bond acceptors (Lipinski definition) is 2. The first kappa shape index (κ1) is 11.1. The van der Waals surface area contributed by atoms with Crippen LogP contribution in [0.15, 0.2) is 24.3 Å². The summed E-state index contributed by atoms with van der Waals surface area (Å²) < 4.78 is 2.08. The molecule has 2 rings (SSSR count). The van der Waals surface area contributed by atoms with E-state index in [2.05, 4.69) is 53.2 Å². The molecule has 0 amide bonds. The van der Waals surface area contributed by atoms with Gasteiger partial charge in [-0.3, -0.25) is 4.68 Å². The maximum absolute atomic E-state index is 4.67. The van der Waals surface area contributed by atoms with Gasteiger partial charge >= 0.3 is 0 Å². The molecule has 0 aliphatic heterocycles. The largest absolute Gasteiger partial charge is 0.317 e. The second-order valence-corrected chi connectivity index (χ2v) is 4.17. The Hall–Kier alpha value is -1.35. The highest BCUT2D eigenvalue weighted by molar-refractivity contribution is 5.82. The minimum absolute atomic E-state index is 0.462. The van der Waals surface area contributed by atoms with Crippen LogP contribution in [-0.2, 0) is 13.0 Å². The highest BCUT2D eigenvalue weighted by atomic mass is 15.3. The van der Waals surface area contributed by atoms with Crippen LogP contribution in [0.1, 0.15) is 19.5 Å². The average Bonchev–Trinajstić information content (AvgIpc) is 2.68. The van der Waals surface area contributed by atoms with E-state index in [4.69, 9.17) is 0 Å². The quantitative estimate of drug-likeness (QED) is 0.851. The molecule has 0 spiro atoms. The van der Waals surface area contributed by atoms with E-state index in [0.29, 0.717) is 6.04 Å². The molecule has 0 aliphatic carbocycles. The molecule has 1 aromatic heterocycles. The van der Waals surface area contributed by atoms with Crippen molar-refractivity contribution >= 4 is 10.9 Å². The van der Waals surface area contributed by atoms with Crippen LogP contribution in [0.2, 0.25) is 0 Å². The van der Waals surface area contributed by atoms with E-state index in [1.807, 2.05) is 7.05 Å². The van der Waals surface area contributed by atoms with Crippen molar-refractivity contribution in [3.8, 4) is 0 Å². The zero-order valence-electron chi connectivity index (χ0n) is 10.2. The zero-order chi connectivity index (χ0) is 11.5. The Morgan fingerprint density at radius 1 is 1.38 bits per heavy atom. The third-order valence-electron chi connectivity index (χ3n) is 3.03. The van der Waals surface area contributed by atoms with Gasteiger partial charge in [0.1, 0.15) is 0 Å². The lowest BCUT2D eigenvalue weighted by molar-refractivity contribution is 0.586. The Morgan fingerprint density at radius 3 is 2.81 bits per heavy atom. The average molecular weight is 217 g/mol. The first-order chi connectivity index (χ1) is 7.76. The fraction of sp³-hybridized carbons (Fsp3) is 0.462. The molecule has 16 heavy (non-hydrogen) atoms. The summed E-state index contributed by atoms with van der Waals surface area (Å²) in [5.41, 5.74) is 2.43. The molecule has 0 bridgehead atoms. The third kappa shape index (κ3) is 1.95. The topological polar surface area (TPSA) is 29.9 Å². The normalized spacial score (nSPS) is 13.2. The number of nitrogens with one attached hydrogen (secondary N) is 1. The van der Waals surface area contributed by atoms with Gasteiger partial charge in [-0.25, -0.2) is 0 Å². The molecule has 0 fully saturated rings. The number of para-hydroxylation sites is 1. The predicted octanol–water partition coefficient (Wildman–Crippen LogP) is 2.21. The van der Waals surface area contributed by atoms with Crippen molar-refractivity contribution in [3.05, 3.63) is 30.0 Å². The van der Waals surface area contributed by atoms with Gasteiger partial charge in [-0.05, 0) is 27.0 Å². The third-order valence-corrected chi connectivity index (χ3v) is 3.03. The fourth-order valence-corrected chi connectivity index (χ4v) is 1.98. The molecule has 1 unspecified atom stereocenters. The molecule has 1 aromatic carbocycles. The van der Waals surface area contributed by atoms with Gasteiger partial charge in [-0.15, -0.1) is 0 Å². The Kier molecular flexibility index (Phi) is 3.25. The van der Waals surface area contributed by atoms with E-state index in [0.717, 1.165) is 13.0 Å². The fourth-order valence-electron chi connectivity index (χ4n) is 1.98. The lowest BCUT2D eigenvalue weighted by Gasteiger charge is -2.07. The van der Waals surface area contributed by atoms with Crippen LogP contribution in [-0.4, -0.2) is 22.9 Å².